The van der Waals surface area contributed by atoms with Gasteiger partial charge in [0, 0.05) is 9.75 Å². The van der Waals surface area contributed by atoms with Crippen molar-refractivity contribution >= 4 is 34.3 Å². The van der Waals surface area contributed by atoms with Gasteiger partial charge in [-0.15, -0.1) is 22.7 Å². The Labute approximate surface area is 146 Å². The minimum atomic E-state index is -0.227. The van der Waals surface area contributed by atoms with Crippen molar-refractivity contribution in [2.45, 2.75) is 6.92 Å². The number of aryl methyl sites for hydroxylation is 1. The molecule has 0 atom stereocenters. The highest BCUT2D eigenvalue weighted by atomic mass is 32.1. The maximum absolute atomic E-state index is 12.9. The maximum atomic E-state index is 12.9. The predicted molar refractivity (Wildman–Crippen MR) is 96.4 cm³/mol. The number of thiazole rings is 1. The minimum Gasteiger partial charge on any atom is -0.267 e. The van der Waals surface area contributed by atoms with E-state index in [1.807, 2.05) is 49.4 Å². The molecule has 0 aliphatic carbocycles. The molecule has 4 nitrogen and oxygen atoms in total. The lowest BCUT2D eigenvalue weighted by Crippen LogP contribution is -2.30. The molecule has 0 aliphatic rings. The highest BCUT2D eigenvalue weighted by Gasteiger charge is 2.11. The molecular formula is C18H11N3OS2. The van der Waals surface area contributed by atoms with E-state index in [1.54, 1.807) is 29.5 Å². The lowest BCUT2D eigenvalue weighted by molar-refractivity contribution is 0.988. The number of para-hydroxylation sites is 1. The van der Waals surface area contributed by atoms with Crippen LogP contribution in [0.4, 0.5) is 0 Å². The first-order valence-corrected chi connectivity index (χ1v) is 8.67. The fraction of sp³-hybridized carbons (Fsp3) is 0.0556. The fourth-order valence-electron chi connectivity index (χ4n) is 2.24. The van der Waals surface area contributed by atoms with E-state index in [1.165, 1.54) is 4.57 Å². The smallest absolute Gasteiger partial charge is 0.267 e. The summed E-state index contributed by atoms with van der Waals surface area (Å²) in [7, 11) is 0. The Morgan fingerprint density at radius 1 is 1.08 bits per heavy atom. The Hall–Kier alpha value is -2.93. The largest absolute Gasteiger partial charge is 0.273 e. The van der Waals surface area contributed by atoms with Crippen molar-refractivity contribution in [2.75, 3.05) is 0 Å². The third kappa shape index (κ3) is 2.93. The number of benzene rings is 1. The number of nitrogens with zero attached hydrogens (tertiary/aromatic N) is 3. The second-order valence-electron chi connectivity index (χ2n) is 4.94. The summed E-state index contributed by atoms with van der Waals surface area (Å²) < 4.78 is 2.29. The molecule has 2 aromatic heterocycles. The van der Waals surface area contributed by atoms with Crippen molar-refractivity contribution in [3.63, 3.8) is 0 Å². The number of rotatable bonds is 2. The van der Waals surface area contributed by atoms with Crippen molar-refractivity contribution in [3.8, 4) is 17.8 Å². The van der Waals surface area contributed by atoms with Crippen molar-refractivity contribution in [1.82, 2.24) is 4.57 Å². The van der Waals surface area contributed by atoms with Crippen molar-refractivity contribution in [2.24, 2.45) is 0 Å². The van der Waals surface area contributed by atoms with Gasteiger partial charge < -0.3 is 0 Å². The van der Waals surface area contributed by atoms with Crippen LogP contribution in [-0.2, 0) is 0 Å². The molecule has 0 unspecified atom stereocenters. The zero-order valence-corrected chi connectivity index (χ0v) is 14.3. The molecule has 0 aliphatic heterocycles. The van der Waals surface area contributed by atoms with Crippen molar-refractivity contribution in [1.29, 1.82) is 10.5 Å². The summed E-state index contributed by atoms with van der Waals surface area (Å²) in [5.41, 5.74) is 0.344. The van der Waals surface area contributed by atoms with E-state index in [9.17, 15) is 15.3 Å². The van der Waals surface area contributed by atoms with Gasteiger partial charge >= 0.3 is 0 Å². The van der Waals surface area contributed by atoms with Crippen LogP contribution in [0.25, 0.3) is 17.3 Å². The zero-order chi connectivity index (χ0) is 17.1. The molecule has 1 aromatic carbocycles. The minimum absolute atomic E-state index is 0.0667. The van der Waals surface area contributed by atoms with E-state index in [-0.39, 0.29) is 11.1 Å². The first-order chi connectivity index (χ1) is 11.6. The topological polar surface area (TPSA) is 69.6 Å². The summed E-state index contributed by atoms with van der Waals surface area (Å²) in [4.78, 5) is 15.0. The van der Waals surface area contributed by atoms with E-state index in [0.717, 1.165) is 21.1 Å². The second kappa shape index (κ2) is 6.67. The monoisotopic (exact) mass is 349 g/mol. The van der Waals surface area contributed by atoms with Crippen LogP contribution in [0.15, 0.2) is 47.3 Å². The molecule has 3 rings (SSSR count). The van der Waals surface area contributed by atoms with Gasteiger partial charge in [-0.25, -0.2) is 0 Å². The average Bonchev–Trinajstić information content (AvgIpc) is 3.14. The van der Waals surface area contributed by atoms with Crippen LogP contribution in [0.3, 0.4) is 0 Å². The number of nitriles is 2. The first kappa shape index (κ1) is 15.9. The van der Waals surface area contributed by atoms with E-state index in [2.05, 4.69) is 0 Å². The van der Waals surface area contributed by atoms with Gasteiger partial charge in [-0.2, -0.15) is 10.5 Å². The lowest BCUT2D eigenvalue weighted by Gasteiger charge is -2.00. The predicted octanol–water partition coefficient (Wildman–Crippen LogP) is 2.30. The third-order valence-corrected chi connectivity index (χ3v) is 5.35. The van der Waals surface area contributed by atoms with E-state index in [0.29, 0.717) is 14.9 Å². The van der Waals surface area contributed by atoms with Crippen LogP contribution >= 0.6 is 22.7 Å². The van der Waals surface area contributed by atoms with Crippen LogP contribution in [-0.4, -0.2) is 4.57 Å². The molecule has 2 heterocycles. The summed E-state index contributed by atoms with van der Waals surface area (Å²) in [5, 5.41) is 18.4. The van der Waals surface area contributed by atoms with Gasteiger partial charge in [0.05, 0.1) is 10.2 Å². The molecule has 116 valence electrons. The van der Waals surface area contributed by atoms with E-state index >= 15 is 0 Å². The van der Waals surface area contributed by atoms with Crippen LogP contribution in [0, 0.1) is 29.6 Å². The summed E-state index contributed by atoms with van der Waals surface area (Å²) in [6.45, 7) is 2.00. The molecule has 0 saturated carbocycles. The number of hydrogen-bond donors (Lipinski definition) is 0. The molecule has 0 fully saturated rings. The lowest BCUT2D eigenvalue weighted by atomic mass is 10.3. The Balaban J connectivity index is 2.40. The molecule has 3 aromatic rings. The molecule has 0 N–H and O–H groups in total. The van der Waals surface area contributed by atoms with Gasteiger partial charge in [0.25, 0.3) is 5.56 Å². The average molecular weight is 349 g/mol. The fourth-order valence-corrected chi connectivity index (χ4v) is 4.18. The van der Waals surface area contributed by atoms with Gasteiger partial charge in [-0.1, -0.05) is 18.2 Å². The molecule has 0 bridgehead atoms. The number of aromatic nitrogens is 1. The molecule has 0 amide bonds. The van der Waals surface area contributed by atoms with Gasteiger partial charge in [0.15, 0.2) is 5.57 Å². The third-order valence-electron chi connectivity index (χ3n) is 3.31. The standard InChI is InChI=1S/C18H11N3OS2/c1-12-7-8-15(23-12)9-16-17(22)21(14-5-3-2-4-6-14)18(24-16)13(10-19)11-20/h2-9H,1H3/b16-9-. The molecule has 0 spiro atoms. The van der Waals surface area contributed by atoms with Gasteiger partial charge in [0.1, 0.15) is 16.8 Å². The molecule has 6 heteroatoms. The summed E-state index contributed by atoms with van der Waals surface area (Å²) in [5.74, 6) is 0. The Morgan fingerprint density at radius 2 is 1.79 bits per heavy atom. The Morgan fingerprint density at radius 3 is 2.38 bits per heavy atom. The first-order valence-electron chi connectivity index (χ1n) is 7.04. The highest BCUT2D eigenvalue weighted by molar-refractivity contribution is 7.13. The van der Waals surface area contributed by atoms with Crippen LogP contribution < -0.4 is 14.8 Å². The quantitative estimate of drug-likeness (QED) is 0.713. The normalized spacial score (nSPS) is 11.0. The number of thiophene rings is 1. The summed E-state index contributed by atoms with van der Waals surface area (Å²) >= 11 is 2.75. The highest BCUT2D eigenvalue weighted by Crippen LogP contribution is 2.15. The zero-order valence-electron chi connectivity index (χ0n) is 12.7. The SMILES string of the molecule is Cc1ccc(/C=c2\sc(=C(C#N)C#N)n(-c3ccccc3)c2=O)s1. The van der Waals surface area contributed by atoms with Gasteiger partial charge in [-0.3, -0.25) is 9.36 Å². The Bertz CT molecular complexity index is 1140. The summed E-state index contributed by atoms with van der Waals surface area (Å²) in [6.07, 6.45) is 1.81. The second-order valence-corrected chi connectivity index (χ2v) is 7.29. The molecular weight excluding hydrogens is 338 g/mol. The maximum Gasteiger partial charge on any atom is 0.273 e. The van der Waals surface area contributed by atoms with Crippen LogP contribution in [0.5, 0.6) is 0 Å². The van der Waals surface area contributed by atoms with Gasteiger partial charge in [-0.05, 0) is 37.3 Å². The van der Waals surface area contributed by atoms with E-state index in [4.69, 9.17) is 0 Å². The molecule has 24 heavy (non-hydrogen) atoms. The van der Waals surface area contributed by atoms with Crippen LogP contribution in [0.2, 0.25) is 0 Å². The molecule has 0 radical (unpaired) electrons. The van der Waals surface area contributed by atoms with Crippen molar-refractivity contribution < 1.29 is 0 Å². The van der Waals surface area contributed by atoms with Crippen molar-refractivity contribution in [3.05, 3.63) is 71.8 Å². The van der Waals surface area contributed by atoms with E-state index < -0.39 is 0 Å². The number of hydrogen-bond acceptors (Lipinski definition) is 5. The van der Waals surface area contributed by atoms with Gasteiger partial charge in [0.2, 0.25) is 0 Å². The van der Waals surface area contributed by atoms with Crippen LogP contribution in [0.1, 0.15) is 9.75 Å². The molecule has 0 saturated heterocycles. The Kier molecular flexibility index (Phi) is 4.43. The summed E-state index contributed by atoms with van der Waals surface area (Å²) in [6, 6.07) is 16.7.